The Balaban J connectivity index is 2.20. The van der Waals surface area contributed by atoms with Gasteiger partial charge >= 0.3 is 5.97 Å². The van der Waals surface area contributed by atoms with Crippen LogP contribution >= 0.6 is 0 Å². The van der Waals surface area contributed by atoms with Crippen LogP contribution in [0.3, 0.4) is 0 Å². The number of hydrogen-bond acceptors (Lipinski definition) is 6. The first-order chi connectivity index (χ1) is 12.6. The number of methoxy groups -OCH3 is 3. The highest BCUT2D eigenvalue weighted by Crippen LogP contribution is 2.42. The Morgan fingerprint density at radius 2 is 1.58 bits per heavy atom. The van der Waals surface area contributed by atoms with Gasteiger partial charge in [0.15, 0.2) is 23.0 Å². The molecule has 1 N–H and O–H groups in total. The van der Waals surface area contributed by atoms with Gasteiger partial charge in [-0.2, -0.15) is 0 Å². The Morgan fingerprint density at radius 1 is 0.962 bits per heavy atom. The van der Waals surface area contributed by atoms with Crippen LogP contribution in [0.2, 0.25) is 0 Å². The highest BCUT2D eigenvalue weighted by Gasteiger charge is 2.24. The van der Waals surface area contributed by atoms with Crippen LogP contribution in [0.4, 0.5) is 0 Å². The summed E-state index contributed by atoms with van der Waals surface area (Å²) >= 11 is 0. The van der Waals surface area contributed by atoms with Crippen molar-refractivity contribution in [2.24, 2.45) is 0 Å². The van der Waals surface area contributed by atoms with Crippen LogP contribution in [0.1, 0.15) is 10.5 Å². The Hall–Kier alpha value is -3.48. The number of carboxylic acid groups (broad SMARTS) is 1. The maximum Gasteiger partial charge on any atom is 0.358 e. The summed E-state index contributed by atoms with van der Waals surface area (Å²) in [6, 6.07) is 12.3. The van der Waals surface area contributed by atoms with Gasteiger partial charge in [-0.25, -0.2) is 9.78 Å². The molecular formula is C19H17NO6. The first-order valence-electron chi connectivity index (χ1n) is 7.69. The molecule has 3 aromatic rings. The SMILES string of the molecule is COc1cc(-c2oc(-c3ccccc3)nc2C(=O)O)cc(OC)c1OC. The predicted octanol–water partition coefficient (Wildman–Crippen LogP) is 3.73. The number of hydrogen-bond donors (Lipinski definition) is 1. The normalized spacial score (nSPS) is 10.4. The first-order valence-corrected chi connectivity index (χ1v) is 7.69. The van der Waals surface area contributed by atoms with E-state index in [0.717, 1.165) is 0 Å². The summed E-state index contributed by atoms with van der Waals surface area (Å²) in [6.45, 7) is 0. The zero-order valence-electron chi connectivity index (χ0n) is 14.5. The van der Waals surface area contributed by atoms with E-state index in [0.29, 0.717) is 28.4 Å². The van der Waals surface area contributed by atoms with Gasteiger partial charge in [0.25, 0.3) is 0 Å². The van der Waals surface area contributed by atoms with Crippen LogP contribution < -0.4 is 14.2 Å². The number of carboxylic acids is 1. The van der Waals surface area contributed by atoms with Gasteiger partial charge in [0.05, 0.1) is 21.3 Å². The molecule has 1 heterocycles. The lowest BCUT2D eigenvalue weighted by Crippen LogP contribution is -2.00. The van der Waals surface area contributed by atoms with Crippen LogP contribution in [-0.4, -0.2) is 37.4 Å². The van der Waals surface area contributed by atoms with Crippen molar-refractivity contribution in [1.29, 1.82) is 0 Å². The summed E-state index contributed by atoms with van der Waals surface area (Å²) in [5.41, 5.74) is 0.929. The molecule has 0 aliphatic rings. The monoisotopic (exact) mass is 355 g/mol. The second-order valence-electron chi connectivity index (χ2n) is 5.28. The number of rotatable bonds is 6. The molecule has 0 bridgehead atoms. The average Bonchev–Trinajstić information content (AvgIpc) is 3.13. The fraction of sp³-hybridized carbons (Fsp3) is 0.158. The number of nitrogens with zero attached hydrogens (tertiary/aromatic N) is 1. The lowest BCUT2D eigenvalue weighted by Gasteiger charge is -2.13. The van der Waals surface area contributed by atoms with Gasteiger partial charge in [-0.05, 0) is 24.3 Å². The van der Waals surface area contributed by atoms with E-state index < -0.39 is 5.97 Å². The van der Waals surface area contributed by atoms with Crippen LogP contribution in [-0.2, 0) is 0 Å². The zero-order valence-corrected chi connectivity index (χ0v) is 14.5. The van der Waals surface area contributed by atoms with E-state index in [1.54, 1.807) is 24.3 Å². The Kier molecular flexibility index (Phi) is 4.79. The Bertz CT molecular complexity index is 907. The molecule has 0 amide bonds. The molecule has 2 aromatic carbocycles. The van der Waals surface area contributed by atoms with Crippen LogP contribution in [0.5, 0.6) is 17.2 Å². The molecular weight excluding hydrogens is 338 g/mol. The quantitative estimate of drug-likeness (QED) is 0.720. The molecule has 0 saturated carbocycles. The summed E-state index contributed by atoms with van der Waals surface area (Å²) in [5.74, 6) is 0.298. The number of oxazole rings is 1. The number of carbonyl (C=O) groups is 1. The second kappa shape index (κ2) is 7.18. The molecule has 0 fully saturated rings. The van der Waals surface area contributed by atoms with Gasteiger partial charge < -0.3 is 23.7 Å². The Morgan fingerprint density at radius 3 is 2.08 bits per heavy atom. The molecule has 0 radical (unpaired) electrons. The van der Waals surface area contributed by atoms with Crippen LogP contribution in [0, 0.1) is 0 Å². The molecule has 1 aromatic heterocycles. The van der Waals surface area contributed by atoms with Crippen molar-refractivity contribution < 1.29 is 28.5 Å². The van der Waals surface area contributed by atoms with Gasteiger partial charge in [0, 0.05) is 11.1 Å². The third-order valence-corrected chi connectivity index (χ3v) is 3.78. The zero-order chi connectivity index (χ0) is 18.7. The Labute approximate surface area is 149 Å². The molecule has 134 valence electrons. The van der Waals surface area contributed by atoms with Crippen molar-refractivity contribution in [3.63, 3.8) is 0 Å². The van der Waals surface area contributed by atoms with E-state index in [2.05, 4.69) is 4.98 Å². The maximum atomic E-state index is 11.7. The standard InChI is InChI=1S/C19H17NO6/c1-23-13-9-12(10-14(24-2)17(13)25-3)16-15(19(21)22)20-18(26-16)11-7-5-4-6-8-11/h4-10H,1-3H3,(H,21,22). The van der Waals surface area contributed by atoms with Crippen molar-refractivity contribution in [3.05, 3.63) is 48.2 Å². The largest absolute Gasteiger partial charge is 0.493 e. The minimum absolute atomic E-state index is 0.107. The fourth-order valence-electron chi connectivity index (χ4n) is 2.58. The third-order valence-electron chi connectivity index (χ3n) is 3.78. The van der Waals surface area contributed by atoms with E-state index >= 15 is 0 Å². The number of ether oxygens (including phenoxy) is 3. The lowest BCUT2D eigenvalue weighted by molar-refractivity contribution is 0.0691. The molecule has 3 rings (SSSR count). The van der Waals surface area contributed by atoms with E-state index in [9.17, 15) is 9.90 Å². The van der Waals surface area contributed by atoms with Gasteiger partial charge in [-0.3, -0.25) is 0 Å². The molecule has 0 aliphatic carbocycles. The lowest BCUT2D eigenvalue weighted by atomic mass is 10.1. The minimum Gasteiger partial charge on any atom is -0.493 e. The number of aromatic carboxylic acids is 1. The molecule has 26 heavy (non-hydrogen) atoms. The van der Waals surface area contributed by atoms with Crippen molar-refractivity contribution in [1.82, 2.24) is 4.98 Å². The number of benzene rings is 2. The van der Waals surface area contributed by atoms with E-state index in [4.69, 9.17) is 18.6 Å². The summed E-state index contributed by atoms with van der Waals surface area (Å²) in [4.78, 5) is 15.8. The predicted molar refractivity (Wildman–Crippen MR) is 94.0 cm³/mol. The van der Waals surface area contributed by atoms with Crippen molar-refractivity contribution in [2.45, 2.75) is 0 Å². The third kappa shape index (κ3) is 3.06. The topological polar surface area (TPSA) is 91.0 Å². The summed E-state index contributed by atoms with van der Waals surface area (Å²) in [6.07, 6.45) is 0. The summed E-state index contributed by atoms with van der Waals surface area (Å²) in [7, 11) is 4.45. The van der Waals surface area contributed by atoms with E-state index in [1.807, 2.05) is 18.2 Å². The summed E-state index contributed by atoms with van der Waals surface area (Å²) < 4.78 is 21.7. The first kappa shape index (κ1) is 17.3. The molecule has 7 nitrogen and oxygen atoms in total. The van der Waals surface area contributed by atoms with Crippen molar-refractivity contribution in [3.8, 4) is 40.0 Å². The molecule has 0 spiro atoms. The molecule has 7 heteroatoms. The molecule has 0 atom stereocenters. The highest BCUT2D eigenvalue weighted by molar-refractivity contribution is 5.93. The maximum absolute atomic E-state index is 11.7. The van der Waals surface area contributed by atoms with Gasteiger partial charge in [0.1, 0.15) is 0 Å². The van der Waals surface area contributed by atoms with Crippen molar-refractivity contribution >= 4 is 5.97 Å². The van der Waals surface area contributed by atoms with Gasteiger partial charge in [-0.1, -0.05) is 18.2 Å². The van der Waals surface area contributed by atoms with Crippen molar-refractivity contribution in [2.75, 3.05) is 21.3 Å². The van der Waals surface area contributed by atoms with Crippen LogP contribution in [0.15, 0.2) is 46.9 Å². The van der Waals surface area contributed by atoms with Crippen LogP contribution in [0.25, 0.3) is 22.8 Å². The average molecular weight is 355 g/mol. The van der Waals surface area contributed by atoms with E-state index in [1.165, 1.54) is 21.3 Å². The number of aromatic nitrogens is 1. The summed E-state index contributed by atoms with van der Waals surface area (Å²) in [5, 5.41) is 9.53. The smallest absolute Gasteiger partial charge is 0.358 e. The van der Waals surface area contributed by atoms with Gasteiger partial charge in [-0.15, -0.1) is 0 Å². The second-order valence-corrected chi connectivity index (χ2v) is 5.28. The van der Waals surface area contributed by atoms with E-state index in [-0.39, 0.29) is 17.3 Å². The fourth-order valence-corrected chi connectivity index (χ4v) is 2.58. The molecule has 0 unspecified atom stereocenters. The minimum atomic E-state index is -1.19. The molecule has 0 aliphatic heterocycles. The van der Waals surface area contributed by atoms with Gasteiger partial charge in [0.2, 0.25) is 11.6 Å². The molecule has 0 saturated heterocycles. The highest BCUT2D eigenvalue weighted by atomic mass is 16.5.